The Kier molecular flexibility index (Phi) is 5.37. The van der Waals surface area contributed by atoms with Gasteiger partial charge in [0.2, 0.25) is 0 Å². The van der Waals surface area contributed by atoms with E-state index in [1.807, 2.05) is 30.3 Å². The van der Waals surface area contributed by atoms with Gasteiger partial charge >= 0.3 is 0 Å². The summed E-state index contributed by atoms with van der Waals surface area (Å²) in [5, 5.41) is 7.72. The summed E-state index contributed by atoms with van der Waals surface area (Å²) < 4.78 is 5.90. The lowest BCUT2D eigenvalue weighted by Gasteiger charge is -2.23. The molecule has 0 spiro atoms. The number of piperidine rings is 1. The van der Waals surface area contributed by atoms with Crippen LogP contribution in [0.5, 0.6) is 0 Å². The second-order valence-electron chi connectivity index (χ2n) is 6.78. The minimum absolute atomic E-state index is 0.603. The predicted molar refractivity (Wildman–Crippen MR) is 105 cm³/mol. The molecular weight excluding hydrogens is 348 g/mol. The highest BCUT2D eigenvalue weighted by molar-refractivity contribution is 6.30. The fraction of sp³-hybridized carbons (Fsp3) is 0.400. The number of oxazole rings is 1. The fourth-order valence-electron chi connectivity index (χ4n) is 3.46. The third-order valence-corrected chi connectivity index (χ3v) is 5.03. The average molecular weight is 371 g/mol. The minimum atomic E-state index is 0.603. The summed E-state index contributed by atoms with van der Waals surface area (Å²) in [6.07, 6.45) is 7.33. The molecule has 1 unspecified atom stereocenters. The van der Waals surface area contributed by atoms with E-state index in [0.29, 0.717) is 18.4 Å². The highest BCUT2D eigenvalue weighted by Gasteiger charge is 2.14. The zero-order valence-corrected chi connectivity index (χ0v) is 15.4. The van der Waals surface area contributed by atoms with E-state index in [0.717, 1.165) is 47.0 Å². The molecule has 4 rings (SSSR count). The van der Waals surface area contributed by atoms with Crippen LogP contribution < -0.4 is 10.6 Å². The molecule has 1 aliphatic rings. The SMILES string of the molecule is Clc1cccc(Cc2nc3c(NCCC4CCCCN4)nccc3o2)c1. The van der Waals surface area contributed by atoms with Crippen molar-refractivity contribution in [2.75, 3.05) is 18.4 Å². The molecule has 1 aliphatic heterocycles. The summed E-state index contributed by atoms with van der Waals surface area (Å²) in [7, 11) is 0. The van der Waals surface area contributed by atoms with Gasteiger partial charge in [-0.3, -0.25) is 0 Å². The van der Waals surface area contributed by atoms with Gasteiger partial charge < -0.3 is 15.1 Å². The van der Waals surface area contributed by atoms with E-state index in [4.69, 9.17) is 16.0 Å². The minimum Gasteiger partial charge on any atom is -0.440 e. The van der Waals surface area contributed by atoms with Crippen molar-refractivity contribution in [3.05, 3.63) is 53.0 Å². The molecule has 3 heterocycles. The molecule has 0 radical (unpaired) electrons. The van der Waals surface area contributed by atoms with Gasteiger partial charge in [-0.1, -0.05) is 30.2 Å². The van der Waals surface area contributed by atoms with E-state index in [-0.39, 0.29) is 0 Å². The molecule has 1 aromatic carbocycles. The molecule has 3 aromatic rings. The highest BCUT2D eigenvalue weighted by Crippen LogP contribution is 2.24. The van der Waals surface area contributed by atoms with Crippen molar-refractivity contribution < 1.29 is 4.42 Å². The third-order valence-electron chi connectivity index (χ3n) is 4.79. The Morgan fingerprint density at radius 3 is 3.08 bits per heavy atom. The first-order chi connectivity index (χ1) is 12.8. The summed E-state index contributed by atoms with van der Waals surface area (Å²) >= 11 is 6.06. The lowest BCUT2D eigenvalue weighted by molar-refractivity contribution is 0.389. The van der Waals surface area contributed by atoms with Crippen LogP contribution in [-0.4, -0.2) is 29.1 Å². The van der Waals surface area contributed by atoms with Gasteiger partial charge in [0.05, 0.1) is 0 Å². The summed E-state index contributed by atoms with van der Waals surface area (Å²) in [5.41, 5.74) is 2.63. The van der Waals surface area contributed by atoms with Crippen LogP contribution in [0, 0.1) is 0 Å². The fourth-order valence-corrected chi connectivity index (χ4v) is 3.68. The van der Waals surface area contributed by atoms with E-state index < -0.39 is 0 Å². The number of rotatable bonds is 6. The molecule has 1 fully saturated rings. The summed E-state index contributed by atoms with van der Waals surface area (Å²) in [5.74, 6) is 1.46. The van der Waals surface area contributed by atoms with Gasteiger partial charge in [-0.25, -0.2) is 9.97 Å². The van der Waals surface area contributed by atoms with E-state index in [1.165, 1.54) is 19.3 Å². The number of anilines is 1. The van der Waals surface area contributed by atoms with Crippen LogP contribution in [-0.2, 0) is 6.42 Å². The van der Waals surface area contributed by atoms with Crippen molar-refractivity contribution in [3.8, 4) is 0 Å². The normalized spacial score (nSPS) is 17.5. The van der Waals surface area contributed by atoms with Gasteiger partial charge in [0.15, 0.2) is 22.8 Å². The van der Waals surface area contributed by atoms with Crippen LogP contribution in [0.2, 0.25) is 5.02 Å². The molecule has 0 aliphatic carbocycles. The molecule has 136 valence electrons. The molecule has 26 heavy (non-hydrogen) atoms. The Labute approximate surface area is 158 Å². The van der Waals surface area contributed by atoms with Gasteiger partial charge in [0, 0.05) is 36.3 Å². The Balaban J connectivity index is 1.44. The van der Waals surface area contributed by atoms with E-state index in [9.17, 15) is 0 Å². The van der Waals surface area contributed by atoms with E-state index >= 15 is 0 Å². The molecule has 5 nitrogen and oxygen atoms in total. The van der Waals surface area contributed by atoms with Crippen LogP contribution in [0.4, 0.5) is 5.82 Å². The lowest BCUT2D eigenvalue weighted by atomic mass is 10.0. The molecule has 6 heteroatoms. The van der Waals surface area contributed by atoms with Crippen molar-refractivity contribution in [3.63, 3.8) is 0 Å². The predicted octanol–water partition coefficient (Wildman–Crippen LogP) is 4.41. The topological polar surface area (TPSA) is 63.0 Å². The Bertz CT molecular complexity index is 873. The van der Waals surface area contributed by atoms with Crippen LogP contribution in [0.1, 0.15) is 37.1 Å². The van der Waals surface area contributed by atoms with Gasteiger partial charge in [-0.15, -0.1) is 0 Å². The van der Waals surface area contributed by atoms with E-state index in [1.54, 1.807) is 6.20 Å². The van der Waals surface area contributed by atoms with Crippen molar-refractivity contribution in [2.24, 2.45) is 0 Å². The maximum absolute atomic E-state index is 6.06. The van der Waals surface area contributed by atoms with Crippen LogP contribution in [0.15, 0.2) is 40.9 Å². The molecule has 0 bridgehead atoms. The number of aromatic nitrogens is 2. The average Bonchev–Trinajstić information content (AvgIpc) is 3.06. The van der Waals surface area contributed by atoms with Crippen LogP contribution >= 0.6 is 11.6 Å². The number of halogens is 1. The number of benzene rings is 1. The quantitative estimate of drug-likeness (QED) is 0.672. The van der Waals surface area contributed by atoms with Crippen LogP contribution in [0.3, 0.4) is 0 Å². The smallest absolute Gasteiger partial charge is 0.200 e. The zero-order chi connectivity index (χ0) is 17.8. The van der Waals surface area contributed by atoms with Crippen molar-refractivity contribution in [2.45, 2.75) is 38.1 Å². The largest absolute Gasteiger partial charge is 0.440 e. The van der Waals surface area contributed by atoms with Crippen molar-refractivity contribution >= 4 is 28.5 Å². The monoisotopic (exact) mass is 370 g/mol. The molecule has 1 saturated heterocycles. The molecular formula is C20H23ClN4O. The first kappa shape index (κ1) is 17.3. The summed E-state index contributed by atoms with van der Waals surface area (Å²) in [4.78, 5) is 9.10. The number of hydrogen-bond donors (Lipinski definition) is 2. The van der Waals surface area contributed by atoms with E-state index in [2.05, 4.69) is 20.6 Å². The molecule has 1 atom stereocenters. The number of nitrogens with one attached hydrogen (secondary N) is 2. The Morgan fingerprint density at radius 1 is 1.27 bits per heavy atom. The molecule has 2 aromatic heterocycles. The summed E-state index contributed by atoms with van der Waals surface area (Å²) in [6, 6.07) is 10.2. The molecule has 0 amide bonds. The Morgan fingerprint density at radius 2 is 2.23 bits per heavy atom. The van der Waals surface area contributed by atoms with Crippen LogP contribution in [0.25, 0.3) is 11.1 Å². The Hall–Kier alpha value is -2.11. The standard InChI is InChI=1S/C20H23ClN4O/c21-15-5-3-4-14(12-15)13-18-25-19-17(26-18)8-11-24-20(19)23-10-7-16-6-1-2-9-22-16/h3-5,8,11-12,16,22H,1-2,6-7,9-10,13H2,(H,23,24). The van der Waals surface area contributed by atoms with Crippen molar-refractivity contribution in [1.29, 1.82) is 0 Å². The van der Waals surface area contributed by atoms with Gasteiger partial charge in [0.25, 0.3) is 0 Å². The number of nitrogens with zero attached hydrogens (tertiary/aromatic N) is 2. The van der Waals surface area contributed by atoms with Gasteiger partial charge in [-0.2, -0.15) is 0 Å². The van der Waals surface area contributed by atoms with Crippen molar-refractivity contribution in [1.82, 2.24) is 15.3 Å². The second-order valence-corrected chi connectivity index (χ2v) is 7.22. The lowest BCUT2D eigenvalue weighted by Crippen LogP contribution is -2.35. The highest BCUT2D eigenvalue weighted by atomic mass is 35.5. The summed E-state index contributed by atoms with van der Waals surface area (Å²) in [6.45, 7) is 2.01. The zero-order valence-electron chi connectivity index (χ0n) is 14.7. The molecule has 0 saturated carbocycles. The number of pyridine rings is 1. The third kappa shape index (κ3) is 4.17. The molecule has 2 N–H and O–H groups in total. The second kappa shape index (κ2) is 8.06. The number of fused-ring (bicyclic) bond motifs is 1. The first-order valence-corrected chi connectivity index (χ1v) is 9.62. The first-order valence-electron chi connectivity index (χ1n) is 9.24. The van der Waals surface area contributed by atoms with Gasteiger partial charge in [0.1, 0.15) is 0 Å². The maximum atomic E-state index is 6.06. The number of hydrogen-bond acceptors (Lipinski definition) is 5. The van der Waals surface area contributed by atoms with Gasteiger partial charge in [-0.05, 0) is 43.5 Å². The maximum Gasteiger partial charge on any atom is 0.200 e.